The molecular weight excluding hydrogens is 290 g/mol. The lowest BCUT2D eigenvalue weighted by Gasteiger charge is -2.33. The summed E-state index contributed by atoms with van der Waals surface area (Å²) < 4.78 is 5.24. The summed E-state index contributed by atoms with van der Waals surface area (Å²) in [4.78, 5) is 18.3. The summed E-state index contributed by atoms with van der Waals surface area (Å²) in [5, 5.41) is 3.52. The summed E-state index contributed by atoms with van der Waals surface area (Å²) in [6.45, 7) is 1.52. The van der Waals surface area contributed by atoms with E-state index in [1.165, 1.54) is 0 Å². The average Bonchev–Trinajstić information content (AvgIpc) is 2.63. The molecule has 1 aliphatic heterocycles. The van der Waals surface area contributed by atoms with Crippen LogP contribution in [0.5, 0.6) is 5.75 Å². The number of amides is 1. The number of benzene rings is 1. The summed E-state index contributed by atoms with van der Waals surface area (Å²) in [5.74, 6) is 0.914. The lowest BCUT2D eigenvalue weighted by atomic mass is 10.0. The Balaban J connectivity index is 1.55. The van der Waals surface area contributed by atoms with Crippen LogP contribution in [-0.2, 0) is 0 Å². The molecule has 0 aliphatic carbocycles. The van der Waals surface area contributed by atoms with Crippen molar-refractivity contribution in [2.45, 2.75) is 18.9 Å². The molecule has 2 aromatic rings. The largest absolute Gasteiger partial charge is 0.497 e. The van der Waals surface area contributed by atoms with Gasteiger partial charge in [-0.1, -0.05) is 6.07 Å². The van der Waals surface area contributed by atoms with Crippen LogP contribution in [0.3, 0.4) is 0 Å². The summed E-state index contributed by atoms with van der Waals surface area (Å²) in [6.07, 6.45) is 5.18. The van der Waals surface area contributed by atoms with Gasteiger partial charge in [0.2, 0.25) is 0 Å². The number of piperidine rings is 1. The Bertz CT molecular complexity index is 652. The van der Waals surface area contributed by atoms with E-state index in [0.29, 0.717) is 11.6 Å². The molecule has 120 valence electrons. The van der Waals surface area contributed by atoms with Crippen molar-refractivity contribution < 1.29 is 9.53 Å². The Labute approximate surface area is 136 Å². The predicted molar refractivity (Wildman–Crippen MR) is 89.8 cm³/mol. The number of carbonyl (C=O) groups is 1. The highest BCUT2D eigenvalue weighted by atomic mass is 16.5. The van der Waals surface area contributed by atoms with Gasteiger partial charge in [-0.05, 0) is 37.1 Å². The minimum absolute atomic E-state index is 0.0675. The monoisotopic (exact) mass is 311 g/mol. The zero-order chi connectivity index (χ0) is 16.1. The van der Waals surface area contributed by atoms with E-state index in [9.17, 15) is 4.79 Å². The van der Waals surface area contributed by atoms with E-state index < -0.39 is 0 Å². The Hall–Kier alpha value is -2.56. The lowest BCUT2D eigenvalue weighted by Crippen LogP contribution is -2.42. The van der Waals surface area contributed by atoms with Gasteiger partial charge in [0.1, 0.15) is 5.75 Å². The van der Waals surface area contributed by atoms with Crippen LogP contribution in [0.2, 0.25) is 0 Å². The number of ether oxygens (including phenoxy) is 1. The van der Waals surface area contributed by atoms with E-state index in [1.807, 2.05) is 35.2 Å². The van der Waals surface area contributed by atoms with Crippen LogP contribution in [0.4, 0.5) is 5.69 Å². The molecule has 23 heavy (non-hydrogen) atoms. The smallest absolute Gasteiger partial charge is 0.255 e. The third kappa shape index (κ3) is 3.80. The zero-order valence-corrected chi connectivity index (χ0v) is 13.2. The number of methoxy groups -OCH3 is 1. The number of likely N-dealkylation sites (tertiary alicyclic amines) is 1. The molecule has 0 spiro atoms. The van der Waals surface area contributed by atoms with Crippen LogP contribution in [0.25, 0.3) is 0 Å². The first-order valence-corrected chi connectivity index (χ1v) is 7.86. The van der Waals surface area contributed by atoms with Gasteiger partial charge in [-0.3, -0.25) is 9.78 Å². The standard InChI is InChI=1S/C18H21N3O2/c1-23-17-6-2-5-16(12-17)20-15-7-10-21(11-8-15)18(22)14-4-3-9-19-13-14/h2-6,9,12-13,15,20H,7-8,10-11H2,1H3. The van der Waals surface area contributed by atoms with E-state index in [4.69, 9.17) is 4.74 Å². The molecular formula is C18H21N3O2. The normalized spacial score (nSPS) is 15.3. The predicted octanol–water partition coefficient (Wildman–Crippen LogP) is 2.81. The number of pyridine rings is 1. The van der Waals surface area contributed by atoms with Gasteiger partial charge in [-0.15, -0.1) is 0 Å². The summed E-state index contributed by atoms with van der Waals surface area (Å²) in [7, 11) is 1.67. The van der Waals surface area contributed by atoms with Crippen molar-refractivity contribution >= 4 is 11.6 Å². The highest BCUT2D eigenvalue weighted by Crippen LogP contribution is 2.21. The zero-order valence-electron chi connectivity index (χ0n) is 13.2. The van der Waals surface area contributed by atoms with Crippen molar-refractivity contribution in [1.82, 2.24) is 9.88 Å². The van der Waals surface area contributed by atoms with Gasteiger partial charge in [0, 0.05) is 43.3 Å². The first-order chi connectivity index (χ1) is 11.3. The molecule has 0 saturated carbocycles. The lowest BCUT2D eigenvalue weighted by molar-refractivity contribution is 0.0718. The number of anilines is 1. The molecule has 1 aromatic carbocycles. The van der Waals surface area contributed by atoms with Gasteiger partial charge in [-0.2, -0.15) is 0 Å². The second-order valence-corrected chi connectivity index (χ2v) is 5.68. The number of hydrogen-bond acceptors (Lipinski definition) is 4. The van der Waals surface area contributed by atoms with Gasteiger partial charge in [-0.25, -0.2) is 0 Å². The van der Waals surface area contributed by atoms with Crippen molar-refractivity contribution in [3.05, 3.63) is 54.4 Å². The number of nitrogens with zero attached hydrogens (tertiary/aromatic N) is 2. The van der Waals surface area contributed by atoms with Crippen LogP contribution >= 0.6 is 0 Å². The highest BCUT2D eigenvalue weighted by Gasteiger charge is 2.23. The van der Waals surface area contributed by atoms with Crippen LogP contribution < -0.4 is 10.1 Å². The maximum absolute atomic E-state index is 12.4. The Morgan fingerprint density at radius 3 is 2.78 bits per heavy atom. The number of nitrogens with one attached hydrogen (secondary N) is 1. The minimum atomic E-state index is 0.0675. The van der Waals surface area contributed by atoms with Crippen LogP contribution in [0.1, 0.15) is 23.2 Å². The van der Waals surface area contributed by atoms with E-state index in [0.717, 1.165) is 37.4 Å². The second-order valence-electron chi connectivity index (χ2n) is 5.68. The summed E-state index contributed by atoms with van der Waals surface area (Å²) in [6, 6.07) is 11.9. The molecule has 1 aromatic heterocycles. The third-order valence-corrected chi connectivity index (χ3v) is 4.13. The molecule has 0 atom stereocenters. The number of carbonyl (C=O) groups excluding carboxylic acids is 1. The van der Waals surface area contributed by atoms with E-state index in [-0.39, 0.29) is 5.91 Å². The summed E-state index contributed by atoms with van der Waals surface area (Å²) >= 11 is 0. The number of rotatable bonds is 4. The Morgan fingerprint density at radius 2 is 2.09 bits per heavy atom. The van der Waals surface area contributed by atoms with Crippen molar-refractivity contribution in [1.29, 1.82) is 0 Å². The first kappa shape index (κ1) is 15.3. The van der Waals surface area contributed by atoms with Gasteiger partial charge in [0.25, 0.3) is 5.91 Å². The quantitative estimate of drug-likeness (QED) is 0.943. The number of hydrogen-bond donors (Lipinski definition) is 1. The van der Waals surface area contributed by atoms with Crippen molar-refractivity contribution in [2.24, 2.45) is 0 Å². The minimum Gasteiger partial charge on any atom is -0.497 e. The number of aromatic nitrogens is 1. The van der Waals surface area contributed by atoms with Crippen LogP contribution in [0, 0.1) is 0 Å². The van der Waals surface area contributed by atoms with Crippen LogP contribution in [0.15, 0.2) is 48.8 Å². The molecule has 1 N–H and O–H groups in total. The van der Waals surface area contributed by atoms with Crippen molar-refractivity contribution in [3.8, 4) is 5.75 Å². The molecule has 1 amide bonds. The average molecular weight is 311 g/mol. The molecule has 3 rings (SSSR count). The molecule has 0 bridgehead atoms. The fourth-order valence-electron chi connectivity index (χ4n) is 2.85. The van der Waals surface area contributed by atoms with Gasteiger partial charge < -0.3 is 15.0 Å². The molecule has 5 heteroatoms. The third-order valence-electron chi connectivity index (χ3n) is 4.13. The molecule has 0 radical (unpaired) electrons. The van der Waals surface area contributed by atoms with E-state index >= 15 is 0 Å². The fraction of sp³-hybridized carbons (Fsp3) is 0.333. The second kappa shape index (κ2) is 7.13. The molecule has 2 heterocycles. The molecule has 1 fully saturated rings. The topological polar surface area (TPSA) is 54.5 Å². The summed E-state index contributed by atoms with van der Waals surface area (Å²) in [5.41, 5.74) is 1.72. The Morgan fingerprint density at radius 1 is 1.26 bits per heavy atom. The van der Waals surface area contributed by atoms with Gasteiger partial charge in [0.05, 0.1) is 12.7 Å². The van der Waals surface area contributed by atoms with Gasteiger partial charge in [0.15, 0.2) is 0 Å². The maximum Gasteiger partial charge on any atom is 0.255 e. The molecule has 0 unspecified atom stereocenters. The van der Waals surface area contributed by atoms with Crippen molar-refractivity contribution in [3.63, 3.8) is 0 Å². The van der Waals surface area contributed by atoms with E-state index in [2.05, 4.69) is 10.3 Å². The molecule has 5 nitrogen and oxygen atoms in total. The fourth-order valence-corrected chi connectivity index (χ4v) is 2.85. The van der Waals surface area contributed by atoms with Crippen LogP contribution in [-0.4, -0.2) is 42.0 Å². The molecule has 1 saturated heterocycles. The first-order valence-electron chi connectivity index (χ1n) is 7.86. The van der Waals surface area contributed by atoms with E-state index in [1.54, 1.807) is 25.6 Å². The Kier molecular flexibility index (Phi) is 4.76. The maximum atomic E-state index is 12.4. The van der Waals surface area contributed by atoms with Crippen molar-refractivity contribution in [2.75, 3.05) is 25.5 Å². The highest BCUT2D eigenvalue weighted by molar-refractivity contribution is 5.93. The molecule has 1 aliphatic rings. The SMILES string of the molecule is COc1cccc(NC2CCN(C(=O)c3cccnc3)CC2)c1. The van der Waals surface area contributed by atoms with Gasteiger partial charge >= 0.3 is 0 Å².